The average molecular weight is 394 g/mol. The molecule has 5 rings (SSSR count). The predicted molar refractivity (Wildman–Crippen MR) is 114 cm³/mol. The first-order valence-electron chi connectivity index (χ1n) is 9.70. The summed E-state index contributed by atoms with van der Waals surface area (Å²) in [6, 6.07) is 12.2. The van der Waals surface area contributed by atoms with Crippen LogP contribution in [0.4, 0.5) is 5.69 Å². The van der Waals surface area contributed by atoms with Crippen LogP contribution in [0, 0.1) is 0 Å². The van der Waals surface area contributed by atoms with Crippen molar-refractivity contribution in [2.45, 2.75) is 12.8 Å². The van der Waals surface area contributed by atoms with E-state index in [4.69, 9.17) is 20.4 Å². The van der Waals surface area contributed by atoms with Crippen LogP contribution >= 0.6 is 11.3 Å². The van der Waals surface area contributed by atoms with Crippen LogP contribution in [-0.4, -0.2) is 52.1 Å². The molecule has 3 aromatic heterocycles. The van der Waals surface area contributed by atoms with Crippen molar-refractivity contribution in [3.8, 4) is 11.3 Å². The van der Waals surface area contributed by atoms with Crippen LogP contribution in [0.2, 0.25) is 0 Å². The van der Waals surface area contributed by atoms with Gasteiger partial charge in [-0.3, -0.25) is 9.30 Å². The number of nitrogens with zero attached hydrogens (tertiary/aromatic N) is 4. The van der Waals surface area contributed by atoms with Crippen molar-refractivity contribution in [3.63, 3.8) is 0 Å². The maximum atomic E-state index is 5.79. The highest BCUT2D eigenvalue weighted by Crippen LogP contribution is 2.29. The summed E-state index contributed by atoms with van der Waals surface area (Å²) in [4.78, 5) is 14.2. The SMILES string of the molecule is Nc1ccc(-c2cn3c(n2)sc2nc(CCCN4CCOCC4)ccc23)cc1. The number of fused-ring (bicyclic) bond motifs is 3. The van der Waals surface area contributed by atoms with Gasteiger partial charge in [0.25, 0.3) is 0 Å². The van der Waals surface area contributed by atoms with E-state index >= 15 is 0 Å². The number of thiazole rings is 1. The molecule has 1 aliphatic rings. The first-order valence-corrected chi connectivity index (χ1v) is 10.5. The van der Waals surface area contributed by atoms with Crippen LogP contribution in [0.1, 0.15) is 12.1 Å². The first-order chi connectivity index (χ1) is 13.8. The average Bonchev–Trinajstić information content (AvgIpc) is 3.27. The fourth-order valence-corrected chi connectivity index (χ4v) is 4.67. The predicted octanol–water partition coefficient (Wildman–Crippen LogP) is 3.46. The number of anilines is 1. The molecule has 0 atom stereocenters. The van der Waals surface area contributed by atoms with E-state index in [9.17, 15) is 0 Å². The zero-order valence-corrected chi connectivity index (χ0v) is 16.5. The Hall–Kier alpha value is -2.48. The minimum absolute atomic E-state index is 0.764. The molecule has 6 nitrogen and oxygen atoms in total. The standard InChI is InChI=1S/C21H23N5OS/c22-16-5-3-15(4-6-16)18-14-26-19-8-7-17(23-20(19)28-21(26)24-18)2-1-9-25-10-12-27-13-11-25/h3-8,14H,1-2,9-13,22H2. The van der Waals surface area contributed by atoms with Gasteiger partial charge in [0.05, 0.1) is 24.4 Å². The molecular weight excluding hydrogens is 370 g/mol. The number of imidazole rings is 1. The molecule has 0 spiro atoms. The third-order valence-electron chi connectivity index (χ3n) is 5.24. The monoisotopic (exact) mass is 393 g/mol. The van der Waals surface area contributed by atoms with E-state index in [2.05, 4.69) is 27.6 Å². The van der Waals surface area contributed by atoms with Gasteiger partial charge in [-0.05, 0) is 43.7 Å². The van der Waals surface area contributed by atoms with E-state index in [-0.39, 0.29) is 0 Å². The molecule has 1 fully saturated rings. The van der Waals surface area contributed by atoms with Gasteiger partial charge in [0.1, 0.15) is 4.83 Å². The summed E-state index contributed by atoms with van der Waals surface area (Å²) in [5.74, 6) is 0. The number of hydrogen-bond acceptors (Lipinski definition) is 6. The molecule has 1 aromatic carbocycles. The molecular formula is C21H23N5OS. The Kier molecular flexibility index (Phi) is 4.72. The summed E-state index contributed by atoms with van der Waals surface area (Å²) in [5.41, 5.74) is 10.9. The van der Waals surface area contributed by atoms with Crippen molar-refractivity contribution in [2.75, 3.05) is 38.6 Å². The lowest BCUT2D eigenvalue weighted by Gasteiger charge is -2.26. The number of morpholine rings is 1. The Labute approximate surface area is 167 Å². The molecule has 4 heterocycles. The van der Waals surface area contributed by atoms with E-state index < -0.39 is 0 Å². The minimum atomic E-state index is 0.764. The van der Waals surface area contributed by atoms with Crippen molar-refractivity contribution in [3.05, 3.63) is 48.3 Å². The number of pyridine rings is 1. The number of aryl methyl sites for hydroxylation is 1. The van der Waals surface area contributed by atoms with Crippen LogP contribution in [0.15, 0.2) is 42.6 Å². The number of hydrogen-bond donors (Lipinski definition) is 1. The zero-order chi connectivity index (χ0) is 18.9. The van der Waals surface area contributed by atoms with Crippen molar-refractivity contribution < 1.29 is 4.74 Å². The van der Waals surface area contributed by atoms with Crippen molar-refractivity contribution in [2.24, 2.45) is 0 Å². The number of benzene rings is 1. The number of rotatable bonds is 5. The van der Waals surface area contributed by atoms with Gasteiger partial charge in [0, 0.05) is 36.2 Å². The highest BCUT2D eigenvalue weighted by atomic mass is 32.1. The molecule has 1 saturated heterocycles. The second-order valence-electron chi connectivity index (χ2n) is 7.19. The summed E-state index contributed by atoms with van der Waals surface area (Å²) >= 11 is 1.65. The molecule has 0 bridgehead atoms. The molecule has 0 amide bonds. The summed E-state index contributed by atoms with van der Waals surface area (Å²) in [6.45, 7) is 4.92. The third-order valence-corrected chi connectivity index (χ3v) is 6.20. The van der Waals surface area contributed by atoms with Crippen molar-refractivity contribution >= 4 is 32.3 Å². The molecule has 0 saturated carbocycles. The van der Waals surface area contributed by atoms with Gasteiger partial charge in [-0.25, -0.2) is 9.97 Å². The Bertz CT molecular complexity index is 1100. The number of aromatic nitrogens is 3. The van der Waals surface area contributed by atoms with Gasteiger partial charge < -0.3 is 10.5 Å². The lowest BCUT2D eigenvalue weighted by molar-refractivity contribution is 0.0374. The van der Waals surface area contributed by atoms with Gasteiger partial charge in [-0.1, -0.05) is 23.5 Å². The summed E-state index contributed by atoms with van der Waals surface area (Å²) in [5, 5.41) is 0. The lowest BCUT2D eigenvalue weighted by atomic mass is 10.1. The zero-order valence-electron chi connectivity index (χ0n) is 15.7. The second-order valence-corrected chi connectivity index (χ2v) is 8.14. The first kappa shape index (κ1) is 17.6. The molecule has 0 unspecified atom stereocenters. The van der Waals surface area contributed by atoms with Crippen molar-refractivity contribution in [1.82, 2.24) is 19.3 Å². The molecule has 28 heavy (non-hydrogen) atoms. The number of nitrogens with two attached hydrogens (primary N) is 1. The molecule has 0 radical (unpaired) electrons. The van der Waals surface area contributed by atoms with Gasteiger partial charge in [0.15, 0.2) is 4.96 Å². The molecule has 0 aliphatic carbocycles. The molecule has 144 valence electrons. The Morgan fingerprint density at radius 1 is 1.04 bits per heavy atom. The summed E-state index contributed by atoms with van der Waals surface area (Å²) < 4.78 is 7.54. The summed E-state index contributed by atoms with van der Waals surface area (Å²) in [7, 11) is 0. The highest BCUT2D eigenvalue weighted by Gasteiger charge is 2.13. The Morgan fingerprint density at radius 3 is 2.68 bits per heavy atom. The normalized spacial score (nSPS) is 15.6. The van der Waals surface area contributed by atoms with Gasteiger partial charge in [0.2, 0.25) is 0 Å². The fourth-order valence-electron chi connectivity index (χ4n) is 3.66. The smallest absolute Gasteiger partial charge is 0.196 e. The van der Waals surface area contributed by atoms with Crippen LogP contribution < -0.4 is 5.73 Å². The lowest BCUT2D eigenvalue weighted by Crippen LogP contribution is -2.36. The van der Waals surface area contributed by atoms with E-state index in [1.165, 1.54) is 0 Å². The fraction of sp³-hybridized carbons (Fsp3) is 0.333. The second kappa shape index (κ2) is 7.50. The van der Waals surface area contributed by atoms with E-state index in [1.807, 2.05) is 24.3 Å². The van der Waals surface area contributed by atoms with Gasteiger partial charge in [-0.2, -0.15) is 0 Å². The molecule has 7 heteroatoms. The van der Waals surface area contributed by atoms with Crippen molar-refractivity contribution in [1.29, 1.82) is 0 Å². The number of nitrogen functional groups attached to an aromatic ring is 1. The molecule has 4 aromatic rings. The van der Waals surface area contributed by atoms with E-state index in [1.54, 1.807) is 11.3 Å². The van der Waals surface area contributed by atoms with Gasteiger partial charge >= 0.3 is 0 Å². The highest BCUT2D eigenvalue weighted by molar-refractivity contribution is 7.23. The quantitative estimate of drug-likeness (QED) is 0.526. The number of ether oxygens (including phenoxy) is 1. The maximum absolute atomic E-state index is 5.79. The summed E-state index contributed by atoms with van der Waals surface area (Å²) in [6.07, 6.45) is 4.21. The third kappa shape index (κ3) is 3.48. The Morgan fingerprint density at radius 2 is 1.86 bits per heavy atom. The maximum Gasteiger partial charge on any atom is 0.196 e. The van der Waals surface area contributed by atoms with Crippen LogP contribution in [0.25, 0.3) is 26.6 Å². The van der Waals surface area contributed by atoms with Crippen LogP contribution in [-0.2, 0) is 11.2 Å². The molecule has 1 aliphatic heterocycles. The van der Waals surface area contributed by atoms with Crippen LogP contribution in [0.3, 0.4) is 0 Å². The van der Waals surface area contributed by atoms with E-state index in [0.717, 1.165) is 83.6 Å². The molecule has 2 N–H and O–H groups in total. The van der Waals surface area contributed by atoms with E-state index in [0.29, 0.717) is 0 Å². The topological polar surface area (TPSA) is 68.7 Å². The Balaban J connectivity index is 1.33. The minimum Gasteiger partial charge on any atom is -0.399 e. The van der Waals surface area contributed by atoms with Gasteiger partial charge in [-0.15, -0.1) is 0 Å². The largest absolute Gasteiger partial charge is 0.399 e. The van der Waals surface area contributed by atoms with Crippen LogP contribution in [0.5, 0.6) is 0 Å².